The lowest BCUT2D eigenvalue weighted by molar-refractivity contribution is -0.133. The molecule has 102 valence electrons. The summed E-state index contributed by atoms with van der Waals surface area (Å²) in [5, 5.41) is 5.62. The van der Waals surface area contributed by atoms with E-state index >= 15 is 0 Å². The Labute approximate surface area is 112 Å². The van der Waals surface area contributed by atoms with Crippen LogP contribution in [0, 0.1) is 0 Å². The van der Waals surface area contributed by atoms with E-state index in [0.717, 1.165) is 12.0 Å². The van der Waals surface area contributed by atoms with E-state index in [2.05, 4.69) is 15.6 Å². The van der Waals surface area contributed by atoms with Crippen molar-refractivity contribution in [2.75, 3.05) is 26.7 Å². The summed E-state index contributed by atoms with van der Waals surface area (Å²) >= 11 is 0. The molecule has 0 aromatic carbocycles. The quantitative estimate of drug-likeness (QED) is 0.743. The van der Waals surface area contributed by atoms with E-state index < -0.39 is 0 Å². The van der Waals surface area contributed by atoms with Gasteiger partial charge in [-0.25, -0.2) is 0 Å². The molecule has 0 radical (unpaired) electrons. The number of amides is 2. The first-order valence-corrected chi connectivity index (χ1v) is 6.31. The van der Waals surface area contributed by atoms with Crippen LogP contribution in [0.3, 0.4) is 0 Å². The van der Waals surface area contributed by atoms with E-state index in [-0.39, 0.29) is 24.4 Å². The van der Waals surface area contributed by atoms with Gasteiger partial charge in [0.25, 0.3) is 0 Å². The van der Waals surface area contributed by atoms with Gasteiger partial charge in [-0.15, -0.1) is 0 Å². The minimum Gasteiger partial charge on any atom is -0.353 e. The van der Waals surface area contributed by atoms with Gasteiger partial charge in [0, 0.05) is 32.5 Å². The fourth-order valence-electron chi connectivity index (χ4n) is 1.96. The standard InChI is InChI=1S/C13H18N4O2/c1-17(7-4-10-2-5-14-6-3-10)13(19)11-8-16-12(18)9-15-11/h2-3,5-6,11,15H,4,7-9H2,1H3,(H,16,18). The zero-order valence-corrected chi connectivity index (χ0v) is 10.9. The summed E-state index contributed by atoms with van der Waals surface area (Å²) in [5.74, 6) is -0.0578. The van der Waals surface area contributed by atoms with Crippen LogP contribution in [-0.4, -0.2) is 54.4 Å². The molecule has 19 heavy (non-hydrogen) atoms. The van der Waals surface area contributed by atoms with Gasteiger partial charge in [0.1, 0.15) is 6.04 Å². The summed E-state index contributed by atoms with van der Waals surface area (Å²) in [6, 6.07) is 3.56. The largest absolute Gasteiger partial charge is 0.353 e. The first-order valence-electron chi connectivity index (χ1n) is 6.31. The number of likely N-dealkylation sites (N-methyl/N-ethyl adjacent to an activating group) is 1. The monoisotopic (exact) mass is 262 g/mol. The molecular weight excluding hydrogens is 244 g/mol. The smallest absolute Gasteiger partial charge is 0.241 e. The second-order valence-electron chi connectivity index (χ2n) is 4.60. The molecule has 1 unspecified atom stereocenters. The zero-order valence-electron chi connectivity index (χ0n) is 10.9. The van der Waals surface area contributed by atoms with Gasteiger partial charge in [-0.3, -0.25) is 19.9 Å². The summed E-state index contributed by atoms with van der Waals surface area (Å²) in [7, 11) is 1.78. The van der Waals surface area contributed by atoms with Crippen LogP contribution in [0.25, 0.3) is 0 Å². The number of aromatic nitrogens is 1. The minimum atomic E-state index is -0.319. The Kier molecular flexibility index (Phi) is 4.46. The molecule has 0 spiro atoms. The fourth-order valence-corrected chi connectivity index (χ4v) is 1.96. The lowest BCUT2D eigenvalue weighted by Crippen LogP contribution is -2.58. The maximum Gasteiger partial charge on any atom is 0.241 e. The van der Waals surface area contributed by atoms with Gasteiger partial charge >= 0.3 is 0 Å². The molecule has 2 heterocycles. The molecule has 1 aliphatic heterocycles. The van der Waals surface area contributed by atoms with Crippen LogP contribution in [0.2, 0.25) is 0 Å². The van der Waals surface area contributed by atoms with Crippen molar-refractivity contribution in [1.29, 1.82) is 0 Å². The van der Waals surface area contributed by atoms with Crippen molar-refractivity contribution >= 4 is 11.8 Å². The molecule has 0 bridgehead atoms. The molecule has 0 aliphatic carbocycles. The van der Waals surface area contributed by atoms with Gasteiger partial charge in [0.05, 0.1) is 6.54 Å². The summed E-state index contributed by atoms with van der Waals surface area (Å²) in [6.07, 6.45) is 4.29. The zero-order chi connectivity index (χ0) is 13.7. The van der Waals surface area contributed by atoms with Crippen molar-refractivity contribution in [2.45, 2.75) is 12.5 Å². The highest BCUT2D eigenvalue weighted by Gasteiger charge is 2.25. The molecule has 1 saturated heterocycles. The van der Waals surface area contributed by atoms with E-state index in [4.69, 9.17) is 0 Å². The minimum absolute atomic E-state index is 0.00839. The van der Waals surface area contributed by atoms with E-state index in [9.17, 15) is 9.59 Å². The third kappa shape index (κ3) is 3.75. The number of hydrogen-bond acceptors (Lipinski definition) is 4. The van der Waals surface area contributed by atoms with Crippen molar-refractivity contribution in [2.24, 2.45) is 0 Å². The van der Waals surface area contributed by atoms with Gasteiger partial charge in [0.2, 0.25) is 11.8 Å². The van der Waals surface area contributed by atoms with Gasteiger partial charge < -0.3 is 10.2 Å². The first kappa shape index (κ1) is 13.5. The summed E-state index contributed by atoms with van der Waals surface area (Å²) in [4.78, 5) is 28.8. The van der Waals surface area contributed by atoms with Crippen LogP contribution in [0.1, 0.15) is 5.56 Å². The number of nitrogens with zero attached hydrogens (tertiary/aromatic N) is 2. The molecule has 1 aromatic heterocycles. The van der Waals surface area contributed by atoms with Crippen LogP contribution < -0.4 is 10.6 Å². The Hall–Kier alpha value is -1.95. The third-order valence-electron chi connectivity index (χ3n) is 3.17. The third-order valence-corrected chi connectivity index (χ3v) is 3.17. The molecule has 1 atom stereocenters. The lowest BCUT2D eigenvalue weighted by atomic mass is 10.1. The SMILES string of the molecule is CN(CCc1ccncc1)C(=O)C1CNC(=O)CN1. The molecule has 1 aliphatic rings. The molecule has 6 heteroatoms. The van der Waals surface area contributed by atoms with Crippen LogP contribution in [-0.2, 0) is 16.0 Å². The highest BCUT2D eigenvalue weighted by molar-refractivity contribution is 5.86. The molecule has 2 rings (SSSR count). The normalized spacial score (nSPS) is 18.8. The van der Waals surface area contributed by atoms with Gasteiger partial charge in [0.15, 0.2) is 0 Å². The van der Waals surface area contributed by atoms with Crippen LogP contribution in [0.4, 0.5) is 0 Å². The Morgan fingerprint density at radius 3 is 2.84 bits per heavy atom. The van der Waals surface area contributed by atoms with E-state index in [1.165, 1.54) is 0 Å². The number of carbonyl (C=O) groups excluding carboxylic acids is 2. The van der Waals surface area contributed by atoms with Crippen LogP contribution in [0.5, 0.6) is 0 Å². The van der Waals surface area contributed by atoms with E-state index in [0.29, 0.717) is 13.1 Å². The number of nitrogens with one attached hydrogen (secondary N) is 2. The highest BCUT2D eigenvalue weighted by Crippen LogP contribution is 2.01. The number of pyridine rings is 1. The van der Waals surface area contributed by atoms with Crippen molar-refractivity contribution in [3.05, 3.63) is 30.1 Å². The molecule has 1 fully saturated rings. The van der Waals surface area contributed by atoms with Gasteiger partial charge in [-0.2, -0.15) is 0 Å². The second-order valence-corrected chi connectivity index (χ2v) is 4.60. The Bertz CT molecular complexity index is 439. The fraction of sp³-hybridized carbons (Fsp3) is 0.462. The maximum atomic E-state index is 12.1. The lowest BCUT2D eigenvalue weighted by Gasteiger charge is -2.27. The van der Waals surface area contributed by atoms with Crippen molar-refractivity contribution in [3.8, 4) is 0 Å². The predicted octanol–water partition coefficient (Wildman–Crippen LogP) is -0.829. The highest BCUT2D eigenvalue weighted by atomic mass is 16.2. The summed E-state index contributed by atoms with van der Waals surface area (Å²) in [5.41, 5.74) is 1.15. The Morgan fingerprint density at radius 2 is 2.21 bits per heavy atom. The van der Waals surface area contributed by atoms with Gasteiger partial charge in [-0.1, -0.05) is 0 Å². The predicted molar refractivity (Wildman–Crippen MR) is 70.4 cm³/mol. The molecule has 2 amide bonds. The van der Waals surface area contributed by atoms with Crippen molar-refractivity contribution in [3.63, 3.8) is 0 Å². The van der Waals surface area contributed by atoms with Crippen molar-refractivity contribution in [1.82, 2.24) is 20.5 Å². The second kappa shape index (κ2) is 6.29. The molecule has 0 saturated carbocycles. The van der Waals surface area contributed by atoms with Crippen molar-refractivity contribution < 1.29 is 9.59 Å². The van der Waals surface area contributed by atoms with E-state index in [1.807, 2.05) is 12.1 Å². The first-order chi connectivity index (χ1) is 9.16. The van der Waals surface area contributed by atoms with Crippen LogP contribution in [0.15, 0.2) is 24.5 Å². The average molecular weight is 262 g/mol. The molecular formula is C13H18N4O2. The van der Waals surface area contributed by atoms with Gasteiger partial charge in [-0.05, 0) is 24.1 Å². The Balaban J connectivity index is 1.81. The number of piperazine rings is 1. The maximum absolute atomic E-state index is 12.1. The number of hydrogen-bond donors (Lipinski definition) is 2. The number of rotatable bonds is 4. The topological polar surface area (TPSA) is 74.3 Å². The molecule has 2 N–H and O–H groups in total. The summed E-state index contributed by atoms with van der Waals surface area (Å²) < 4.78 is 0. The summed E-state index contributed by atoms with van der Waals surface area (Å²) in [6.45, 7) is 1.21. The average Bonchev–Trinajstić information content (AvgIpc) is 2.46. The number of carbonyl (C=O) groups is 2. The van der Waals surface area contributed by atoms with E-state index in [1.54, 1.807) is 24.3 Å². The van der Waals surface area contributed by atoms with Crippen LogP contribution >= 0.6 is 0 Å². The molecule has 6 nitrogen and oxygen atoms in total. The Morgan fingerprint density at radius 1 is 1.47 bits per heavy atom. The molecule has 1 aromatic rings.